The maximum absolute atomic E-state index is 12.4. The summed E-state index contributed by atoms with van der Waals surface area (Å²) in [6.45, 7) is 20.6. The molecule has 0 unspecified atom stereocenters. The van der Waals surface area contributed by atoms with E-state index in [9.17, 15) is 4.79 Å². The van der Waals surface area contributed by atoms with E-state index in [2.05, 4.69) is 77.0 Å². The molecule has 0 radical (unpaired) electrons. The molecule has 0 N–H and O–H groups in total. The molecule has 27 heavy (non-hydrogen) atoms. The maximum atomic E-state index is 12.4. The van der Waals surface area contributed by atoms with Crippen LogP contribution in [0.4, 0.5) is 4.79 Å². The minimum Gasteiger partial charge on any atom is -0.444 e. The van der Waals surface area contributed by atoms with Crippen LogP contribution in [0.3, 0.4) is 0 Å². The van der Waals surface area contributed by atoms with Gasteiger partial charge in [0.15, 0.2) is 0 Å². The second-order valence-corrected chi connectivity index (χ2v) is 17.9. The van der Waals surface area contributed by atoms with E-state index < -0.39 is 12.8 Å². The molecular weight excluding hydrogens is 370 g/mol. The number of benzene rings is 1. The highest BCUT2D eigenvalue weighted by atomic mass is 32.4. The van der Waals surface area contributed by atoms with Gasteiger partial charge in [-0.15, -0.1) is 11.2 Å². The predicted molar refractivity (Wildman–Crippen MR) is 121 cm³/mol. The molecule has 0 saturated heterocycles. The minimum absolute atomic E-state index is 0.276. The molecule has 0 saturated carbocycles. The van der Waals surface area contributed by atoms with Crippen LogP contribution in [0.2, 0.25) is 16.6 Å². The topological polar surface area (TPSA) is 29.5 Å². The van der Waals surface area contributed by atoms with Gasteiger partial charge in [0.1, 0.15) is 12.8 Å². The van der Waals surface area contributed by atoms with Gasteiger partial charge >= 0.3 is 6.09 Å². The zero-order valence-electron chi connectivity index (χ0n) is 18.9. The molecule has 5 heteroatoms. The van der Waals surface area contributed by atoms with Crippen molar-refractivity contribution in [2.75, 3.05) is 7.05 Å². The summed E-state index contributed by atoms with van der Waals surface area (Å²) in [4.78, 5) is 15.4. The Morgan fingerprint density at radius 1 is 1.04 bits per heavy atom. The van der Waals surface area contributed by atoms with E-state index in [-0.39, 0.29) is 6.09 Å². The van der Waals surface area contributed by atoms with E-state index >= 15 is 0 Å². The minimum atomic E-state index is -1.63. The predicted octanol–water partition coefficient (Wildman–Crippen LogP) is 7.32. The summed E-state index contributed by atoms with van der Waals surface area (Å²) in [5, 5.41) is 0. The first-order valence-corrected chi connectivity index (χ1v) is 13.8. The van der Waals surface area contributed by atoms with Crippen LogP contribution in [0.25, 0.3) is 0 Å². The fraction of sp³-hybridized carbons (Fsp3) is 0.682. The first-order valence-electron chi connectivity index (χ1n) is 10.0. The summed E-state index contributed by atoms with van der Waals surface area (Å²) in [6.07, 6.45) is -0.276. The van der Waals surface area contributed by atoms with Gasteiger partial charge < -0.3 is 9.64 Å². The lowest BCUT2D eigenvalue weighted by Crippen LogP contribution is -2.41. The first-order chi connectivity index (χ1) is 12.3. The third kappa shape index (κ3) is 6.28. The Morgan fingerprint density at radius 3 is 1.96 bits per heavy atom. The van der Waals surface area contributed by atoms with Gasteiger partial charge in [-0.2, -0.15) is 0 Å². The van der Waals surface area contributed by atoms with Gasteiger partial charge in [-0.1, -0.05) is 59.7 Å². The Morgan fingerprint density at radius 2 is 1.52 bits per heavy atom. The molecule has 3 nitrogen and oxygen atoms in total. The van der Waals surface area contributed by atoms with Crippen LogP contribution in [-0.2, 0) is 11.3 Å². The van der Waals surface area contributed by atoms with Crippen molar-refractivity contribution in [1.82, 2.24) is 4.90 Å². The molecule has 0 fully saturated rings. The number of amides is 1. The second kappa shape index (κ2) is 9.51. The summed E-state index contributed by atoms with van der Waals surface area (Å²) < 4.78 is 5.52. The van der Waals surface area contributed by atoms with Gasteiger partial charge in [0, 0.05) is 18.5 Å². The number of nitrogens with zero attached hydrogens (tertiary/aromatic N) is 1. The van der Waals surface area contributed by atoms with Crippen molar-refractivity contribution < 1.29 is 9.53 Å². The van der Waals surface area contributed by atoms with Gasteiger partial charge in [0.25, 0.3) is 0 Å². The third-order valence-corrected chi connectivity index (χ3v) is 17.4. The van der Waals surface area contributed by atoms with Crippen molar-refractivity contribution in [2.45, 2.75) is 96.0 Å². The number of hydrogen-bond donors (Lipinski definition) is 0. The van der Waals surface area contributed by atoms with Gasteiger partial charge in [0.05, 0.1) is 0 Å². The van der Waals surface area contributed by atoms with Crippen LogP contribution in [0.15, 0.2) is 29.2 Å². The molecule has 0 aliphatic rings. The number of ether oxygens (including phenoxy) is 1. The van der Waals surface area contributed by atoms with Gasteiger partial charge in [-0.25, -0.2) is 4.79 Å². The number of hydrogen-bond acceptors (Lipinski definition) is 3. The van der Waals surface area contributed by atoms with E-state index in [1.807, 2.05) is 27.8 Å². The Bertz CT molecular complexity index is 601. The Hall–Kier alpha value is -0.943. The summed E-state index contributed by atoms with van der Waals surface area (Å²) in [6, 6.07) is 8.53. The lowest BCUT2D eigenvalue weighted by molar-refractivity contribution is 0.0284. The molecule has 1 rings (SSSR count). The van der Waals surface area contributed by atoms with Crippen molar-refractivity contribution in [3.63, 3.8) is 0 Å². The Kier molecular flexibility index (Phi) is 8.48. The normalized spacial score (nSPS) is 12.8. The van der Waals surface area contributed by atoms with E-state index in [4.69, 9.17) is 4.74 Å². The molecule has 0 aliphatic heterocycles. The average Bonchev–Trinajstić information content (AvgIpc) is 2.51. The number of carbonyl (C=O) groups is 1. The Labute approximate surface area is 171 Å². The van der Waals surface area contributed by atoms with Crippen molar-refractivity contribution >= 4 is 24.5 Å². The fourth-order valence-corrected chi connectivity index (χ4v) is 13.3. The number of rotatable bonds is 7. The van der Waals surface area contributed by atoms with Crippen LogP contribution in [-0.4, -0.2) is 30.9 Å². The quantitative estimate of drug-likeness (QED) is 0.442. The van der Waals surface area contributed by atoms with E-state index in [0.29, 0.717) is 23.2 Å². The monoisotopic (exact) mass is 409 g/mol. The molecule has 0 bridgehead atoms. The van der Waals surface area contributed by atoms with Gasteiger partial charge in [0.2, 0.25) is 0 Å². The van der Waals surface area contributed by atoms with Crippen molar-refractivity contribution in [1.29, 1.82) is 0 Å². The molecule has 0 heterocycles. The highest BCUT2D eigenvalue weighted by Gasteiger charge is 2.44. The zero-order valence-corrected chi connectivity index (χ0v) is 20.7. The summed E-state index contributed by atoms with van der Waals surface area (Å²) >= 11 is 2.11. The molecule has 0 atom stereocenters. The summed E-state index contributed by atoms with van der Waals surface area (Å²) in [7, 11) is 0.179. The van der Waals surface area contributed by atoms with Crippen LogP contribution >= 0.6 is 11.2 Å². The third-order valence-electron chi connectivity index (χ3n) is 5.08. The summed E-state index contributed by atoms with van der Waals surface area (Å²) in [5.74, 6) is 0. The Balaban J connectivity index is 3.14. The number of carbonyl (C=O) groups excluding carboxylic acids is 1. The largest absolute Gasteiger partial charge is 0.444 e. The first kappa shape index (κ1) is 24.1. The van der Waals surface area contributed by atoms with E-state index in [0.717, 1.165) is 0 Å². The maximum Gasteiger partial charge on any atom is 0.410 e. The average molecular weight is 410 g/mol. The zero-order chi connectivity index (χ0) is 21.0. The van der Waals surface area contributed by atoms with Crippen molar-refractivity contribution in [2.24, 2.45) is 0 Å². The van der Waals surface area contributed by atoms with Crippen molar-refractivity contribution in [3.8, 4) is 0 Å². The second-order valence-electron chi connectivity index (χ2n) is 9.36. The summed E-state index contributed by atoms with van der Waals surface area (Å²) in [5.41, 5.74) is 2.77. The lowest BCUT2D eigenvalue weighted by atomic mass is 10.2. The molecule has 1 aromatic carbocycles. The van der Waals surface area contributed by atoms with E-state index in [1.165, 1.54) is 10.5 Å². The van der Waals surface area contributed by atoms with Crippen LogP contribution in [0.5, 0.6) is 0 Å². The fourth-order valence-electron chi connectivity index (χ4n) is 3.94. The van der Waals surface area contributed by atoms with Crippen LogP contribution < -0.4 is 0 Å². The standard InChI is InChI=1S/C22H39NO2SSi/c1-16(2)27(17(3)4,18(5)6)26-20-14-12-11-13-19(20)15-23(10)21(24)25-22(7,8)9/h11-14,16-18H,15H2,1-10H3. The molecular formula is C22H39NO2SSi. The SMILES string of the molecule is CC(C)[Si](Sc1ccccc1CN(C)C(=O)OC(C)(C)C)(C(C)C)C(C)C. The molecule has 154 valence electrons. The van der Waals surface area contributed by atoms with Gasteiger partial charge in [-0.3, -0.25) is 0 Å². The van der Waals surface area contributed by atoms with Crippen LogP contribution in [0.1, 0.15) is 67.9 Å². The molecule has 1 aromatic rings. The highest BCUT2D eigenvalue weighted by molar-refractivity contribution is 8.29. The van der Waals surface area contributed by atoms with Crippen LogP contribution in [0, 0.1) is 0 Å². The van der Waals surface area contributed by atoms with E-state index in [1.54, 1.807) is 4.90 Å². The molecule has 0 spiro atoms. The molecule has 1 amide bonds. The lowest BCUT2D eigenvalue weighted by Gasteiger charge is -2.42. The smallest absolute Gasteiger partial charge is 0.410 e. The highest BCUT2D eigenvalue weighted by Crippen LogP contribution is 2.52. The molecule has 0 aliphatic carbocycles. The van der Waals surface area contributed by atoms with Gasteiger partial charge in [-0.05, 0) is 49.0 Å². The molecule has 0 aromatic heterocycles. The van der Waals surface area contributed by atoms with Crippen molar-refractivity contribution in [3.05, 3.63) is 29.8 Å².